The van der Waals surface area contributed by atoms with Gasteiger partial charge in [-0.2, -0.15) is 0 Å². The fourth-order valence-corrected chi connectivity index (χ4v) is 3.12. The van der Waals surface area contributed by atoms with Crippen LogP contribution in [0.4, 0.5) is 0 Å². The third kappa shape index (κ3) is 3.06. The summed E-state index contributed by atoms with van der Waals surface area (Å²) in [5, 5.41) is 10.8. The summed E-state index contributed by atoms with van der Waals surface area (Å²) in [7, 11) is 0. The maximum Gasteiger partial charge on any atom is 0.304 e. The molecule has 88 valence electrons. The molecule has 1 fully saturated rings. The maximum atomic E-state index is 10.5. The lowest BCUT2D eigenvalue weighted by Crippen LogP contribution is -2.34. The zero-order chi connectivity index (χ0) is 11.4. The first-order chi connectivity index (χ1) is 7.75. The third-order valence-electron chi connectivity index (χ3n) is 3.18. The highest BCUT2D eigenvalue weighted by Crippen LogP contribution is 2.30. The van der Waals surface area contributed by atoms with Gasteiger partial charge in [0.15, 0.2) is 0 Å². The van der Waals surface area contributed by atoms with Gasteiger partial charge in [0.2, 0.25) is 0 Å². The molecule has 0 radical (unpaired) electrons. The number of carboxylic acids is 1. The SMILES string of the molecule is O=C(O)CCN1CCC(c2cccs2)CC1. The molecule has 2 rings (SSSR count). The molecule has 0 aromatic carbocycles. The smallest absolute Gasteiger partial charge is 0.304 e. The van der Waals surface area contributed by atoms with Crippen molar-refractivity contribution >= 4 is 17.3 Å². The summed E-state index contributed by atoms with van der Waals surface area (Å²) in [6, 6.07) is 4.32. The molecule has 0 saturated carbocycles. The lowest BCUT2D eigenvalue weighted by atomic mass is 9.95. The van der Waals surface area contributed by atoms with E-state index in [1.165, 1.54) is 17.7 Å². The normalized spacial score (nSPS) is 18.8. The molecule has 4 heteroatoms. The van der Waals surface area contributed by atoms with Crippen molar-refractivity contribution in [1.29, 1.82) is 0 Å². The summed E-state index contributed by atoms with van der Waals surface area (Å²) in [5.41, 5.74) is 0. The standard InChI is InChI=1S/C12H17NO2S/c14-12(15)5-8-13-6-3-10(4-7-13)11-2-1-9-16-11/h1-2,9-10H,3-8H2,(H,14,15). The van der Waals surface area contributed by atoms with Crippen LogP contribution in [-0.2, 0) is 4.79 Å². The number of rotatable bonds is 4. The average Bonchev–Trinajstić information content (AvgIpc) is 2.80. The third-order valence-corrected chi connectivity index (χ3v) is 4.21. The van der Waals surface area contributed by atoms with E-state index in [0.717, 1.165) is 13.1 Å². The van der Waals surface area contributed by atoms with Crippen molar-refractivity contribution in [3.63, 3.8) is 0 Å². The van der Waals surface area contributed by atoms with E-state index < -0.39 is 5.97 Å². The largest absolute Gasteiger partial charge is 0.481 e. The van der Waals surface area contributed by atoms with Crippen LogP contribution in [-0.4, -0.2) is 35.6 Å². The molecule has 1 aliphatic heterocycles. The minimum absolute atomic E-state index is 0.268. The number of carboxylic acid groups (broad SMARTS) is 1. The van der Waals surface area contributed by atoms with Crippen LogP contribution in [0.2, 0.25) is 0 Å². The van der Waals surface area contributed by atoms with E-state index >= 15 is 0 Å². The number of hydrogen-bond acceptors (Lipinski definition) is 3. The second-order valence-corrected chi connectivity index (χ2v) is 5.25. The van der Waals surface area contributed by atoms with Crippen LogP contribution in [0.25, 0.3) is 0 Å². The van der Waals surface area contributed by atoms with Crippen molar-refractivity contribution in [3.05, 3.63) is 22.4 Å². The Morgan fingerprint density at radius 3 is 2.81 bits per heavy atom. The Balaban J connectivity index is 1.76. The van der Waals surface area contributed by atoms with Gasteiger partial charge in [0.05, 0.1) is 6.42 Å². The van der Waals surface area contributed by atoms with E-state index in [2.05, 4.69) is 22.4 Å². The monoisotopic (exact) mass is 239 g/mol. The van der Waals surface area contributed by atoms with Crippen molar-refractivity contribution in [1.82, 2.24) is 4.90 Å². The Labute approximate surface area is 99.7 Å². The number of hydrogen-bond donors (Lipinski definition) is 1. The molecule has 16 heavy (non-hydrogen) atoms. The van der Waals surface area contributed by atoms with Crippen molar-refractivity contribution in [2.75, 3.05) is 19.6 Å². The Morgan fingerprint density at radius 2 is 2.25 bits per heavy atom. The predicted molar refractivity (Wildman–Crippen MR) is 65.0 cm³/mol. The molecule has 0 spiro atoms. The Hall–Kier alpha value is -0.870. The molecular formula is C12H17NO2S. The van der Waals surface area contributed by atoms with Crippen LogP contribution in [0.3, 0.4) is 0 Å². The molecule has 1 aliphatic rings. The first kappa shape index (κ1) is 11.6. The first-order valence-corrected chi connectivity index (χ1v) is 6.61. The van der Waals surface area contributed by atoms with Crippen LogP contribution >= 0.6 is 11.3 Å². The van der Waals surface area contributed by atoms with Crippen molar-refractivity contribution < 1.29 is 9.90 Å². The van der Waals surface area contributed by atoms with E-state index in [1.54, 1.807) is 0 Å². The average molecular weight is 239 g/mol. The maximum absolute atomic E-state index is 10.5. The number of nitrogens with zero attached hydrogens (tertiary/aromatic N) is 1. The Kier molecular flexibility index (Phi) is 3.96. The van der Waals surface area contributed by atoms with E-state index in [4.69, 9.17) is 5.11 Å². The molecule has 1 saturated heterocycles. The Bertz CT molecular complexity index is 329. The highest BCUT2D eigenvalue weighted by molar-refractivity contribution is 7.10. The summed E-state index contributed by atoms with van der Waals surface area (Å²) in [4.78, 5) is 14.2. The second kappa shape index (κ2) is 5.46. The number of aliphatic carboxylic acids is 1. The summed E-state index contributed by atoms with van der Waals surface area (Å²) in [6.45, 7) is 2.78. The summed E-state index contributed by atoms with van der Waals surface area (Å²) in [6.07, 6.45) is 2.60. The lowest BCUT2D eigenvalue weighted by molar-refractivity contribution is -0.137. The second-order valence-electron chi connectivity index (χ2n) is 4.28. The minimum Gasteiger partial charge on any atom is -0.481 e. The summed E-state index contributed by atoms with van der Waals surface area (Å²) < 4.78 is 0. The van der Waals surface area contributed by atoms with Gasteiger partial charge in [-0.3, -0.25) is 4.79 Å². The van der Waals surface area contributed by atoms with E-state index in [1.807, 2.05) is 11.3 Å². The van der Waals surface area contributed by atoms with Gasteiger partial charge in [-0.25, -0.2) is 0 Å². The molecule has 2 heterocycles. The fourth-order valence-electron chi connectivity index (χ4n) is 2.22. The van der Waals surface area contributed by atoms with Crippen LogP contribution in [0, 0.1) is 0 Å². The number of likely N-dealkylation sites (tertiary alicyclic amines) is 1. The van der Waals surface area contributed by atoms with Gasteiger partial charge in [0, 0.05) is 11.4 Å². The molecule has 0 bridgehead atoms. The lowest BCUT2D eigenvalue weighted by Gasteiger charge is -2.31. The highest BCUT2D eigenvalue weighted by atomic mass is 32.1. The molecule has 1 aromatic heterocycles. The van der Waals surface area contributed by atoms with Gasteiger partial charge in [-0.05, 0) is 43.3 Å². The Morgan fingerprint density at radius 1 is 1.50 bits per heavy atom. The van der Waals surface area contributed by atoms with Gasteiger partial charge >= 0.3 is 5.97 Å². The van der Waals surface area contributed by atoms with Crippen molar-refractivity contribution in [3.8, 4) is 0 Å². The van der Waals surface area contributed by atoms with Crippen LogP contribution in [0.15, 0.2) is 17.5 Å². The predicted octanol–water partition coefficient (Wildman–Crippen LogP) is 2.40. The van der Waals surface area contributed by atoms with Crippen molar-refractivity contribution in [2.45, 2.75) is 25.2 Å². The fraction of sp³-hybridized carbons (Fsp3) is 0.583. The minimum atomic E-state index is -0.694. The topological polar surface area (TPSA) is 40.5 Å². The molecule has 1 aromatic rings. The van der Waals surface area contributed by atoms with Gasteiger partial charge in [-0.15, -0.1) is 11.3 Å². The molecule has 0 amide bonds. The van der Waals surface area contributed by atoms with E-state index in [0.29, 0.717) is 12.5 Å². The zero-order valence-electron chi connectivity index (χ0n) is 9.26. The molecule has 0 unspecified atom stereocenters. The van der Waals surface area contributed by atoms with Gasteiger partial charge in [0.25, 0.3) is 0 Å². The van der Waals surface area contributed by atoms with Crippen molar-refractivity contribution in [2.24, 2.45) is 0 Å². The van der Waals surface area contributed by atoms with Gasteiger partial charge in [0.1, 0.15) is 0 Å². The van der Waals surface area contributed by atoms with Crippen LogP contribution < -0.4 is 0 Å². The molecular weight excluding hydrogens is 222 g/mol. The molecule has 0 aliphatic carbocycles. The highest BCUT2D eigenvalue weighted by Gasteiger charge is 2.21. The number of piperidine rings is 1. The molecule has 1 N–H and O–H groups in total. The van der Waals surface area contributed by atoms with E-state index in [-0.39, 0.29) is 6.42 Å². The van der Waals surface area contributed by atoms with Gasteiger partial charge < -0.3 is 10.0 Å². The number of thiophene rings is 1. The summed E-state index contributed by atoms with van der Waals surface area (Å²) in [5.74, 6) is 0.00135. The molecule has 0 atom stereocenters. The number of carbonyl (C=O) groups is 1. The first-order valence-electron chi connectivity index (χ1n) is 5.73. The summed E-state index contributed by atoms with van der Waals surface area (Å²) >= 11 is 1.84. The molecule has 3 nitrogen and oxygen atoms in total. The quantitative estimate of drug-likeness (QED) is 0.877. The zero-order valence-corrected chi connectivity index (χ0v) is 10.1. The van der Waals surface area contributed by atoms with Gasteiger partial charge in [-0.1, -0.05) is 6.07 Å². The van der Waals surface area contributed by atoms with Crippen LogP contribution in [0.5, 0.6) is 0 Å². The van der Waals surface area contributed by atoms with Crippen LogP contribution in [0.1, 0.15) is 30.1 Å². The van der Waals surface area contributed by atoms with E-state index in [9.17, 15) is 4.79 Å².